The summed E-state index contributed by atoms with van der Waals surface area (Å²) in [5, 5.41) is 6.77. The van der Waals surface area contributed by atoms with Gasteiger partial charge in [0.1, 0.15) is 6.04 Å². The third-order valence-corrected chi connectivity index (χ3v) is 4.31. The Hall–Kier alpha value is -0.710. The van der Waals surface area contributed by atoms with E-state index in [1.165, 1.54) is 5.56 Å². The summed E-state index contributed by atoms with van der Waals surface area (Å²) in [6.07, 6.45) is 3.06. The number of nitrogens with one attached hydrogen (secondary N) is 2. The predicted molar refractivity (Wildman–Crippen MR) is 84.1 cm³/mol. The second-order valence-electron chi connectivity index (χ2n) is 4.63. The van der Waals surface area contributed by atoms with Crippen LogP contribution in [0.15, 0.2) is 24.3 Å². The molecule has 3 nitrogen and oxygen atoms in total. The Labute approximate surface area is 125 Å². The summed E-state index contributed by atoms with van der Waals surface area (Å²) < 4.78 is 0. The van der Waals surface area contributed by atoms with Crippen LogP contribution in [0.3, 0.4) is 0 Å². The van der Waals surface area contributed by atoms with E-state index >= 15 is 0 Å². The average Bonchev–Trinajstić information content (AvgIpc) is 2.43. The van der Waals surface area contributed by atoms with Gasteiger partial charge in [-0.15, -0.1) is 12.4 Å². The third kappa shape index (κ3) is 4.13. The molecular formula is C14H21ClN2OS. The molecule has 1 heterocycles. The summed E-state index contributed by atoms with van der Waals surface area (Å²) in [7, 11) is 0. The molecule has 106 valence electrons. The van der Waals surface area contributed by atoms with Crippen molar-refractivity contribution in [3.8, 4) is 0 Å². The third-order valence-electron chi connectivity index (χ3n) is 3.34. The van der Waals surface area contributed by atoms with Gasteiger partial charge in [0.2, 0.25) is 5.91 Å². The minimum atomic E-state index is -0.191. The highest BCUT2D eigenvalue weighted by Gasteiger charge is 2.25. The number of hydrogen-bond donors (Lipinski definition) is 2. The Morgan fingerprint density at radius 1 is 1.53 bits per heavy atom. The highest BCUT2D eigenvalue weighted by atomic mass is 35.5. The standard InChI is InChI=1S/C14H20N2OS.ClH/c1-10(18-2)9-16-14(17)13-12-6-4-3-5-11(12)7-8-15-13;/h3-6,10,13,15H,7-9H2,1-2H3,(H,16,17);1H. The van der Waals surface area contributed by atoms with Crippen LogP contribution >= 0.6 is 24.2 Å². The van der Waals surface area contributed by atoms with E-state index in [1.807, 2.05) is 18.2 Å². The molecule has 0 bridgehead atoms. The number of carbonyl (C=O) groups is 1. The Balaban J connectivity index is 0.00000180. The zero-order valence-corrected chi connectivity index (χ0v) is 12.9. The summed E-state index contributed by atoms with van der Waals surface area (Å²) in [6, 6.07) is 8.00. The number of carbonyl (C=O) groups excluding carboxylic acids is 1. The topological polar surface area (TPSA) is 41.1 Å². The van der Waals surface area contributed by atoms with Gasteiger partial charge >= 0.3 is 0 Å². The first-order valence-corrected chi connectivity index (χ1v) is 7.63. The van der Waals surface area contributed by atoms with Gasteiger partial charge in [0, 0.05) is 18.3 Å². The quantitative estimate of drug-likeness (QED) is 0.895. The van der Waals surface area contributed by atoms with E-state index in [2.05, 4.69) is 29.9 Å². The van der Waals surface area contributed by atoms with Gasteiger partial charge in [0.15, 0.2) is 0 Å². The lowest BCUT2D eigenvalue weighted by Gasteiger charge is -2.26. The first-order chi connectivity index (χ1) is 8.72. The van der Waals surface area contributed by atoms with Gasteiger partial charge in [0.05, 0.1) is 0 Å². The zero-order chi connectivity index (χ0) is 13.0. The van der Waals surface area contributed by atoms with Crippen molar-refractivity contribution >= 4 is 30.1 Å². The fourth-order valence-electron chi connectivity index (χ4n) is 2.17. The SMILES string of the molecule is CSC(C)CNC(=O)C1NCCc2ccccc21.Cl. The summed E-state index contributed by atoms with van der Waals surface area (Å²) in [5.74, 6) is 0.0862. The van der Waals surface area contributed by atoms with Crippen LogP contribution in [0, 0.1) is 0 Å². The molecule has 2 rings (SSSR count). The smallest absolute Gasteiger partial charge is 0.241 e. The van der Waals surface area contributed by atoms with Gasteiger partial charge in [-0.2, -0.15) is 11.8 Å². The molecule has 5 heteroatoms. The Kier molecular flexibility index (Phi) is 6.69. The fourth-order valence-corrected chi connectivity index (χ4v) is 2.42. The summed E-state index contributed by atoms with van der Waals surface area (Å²) in [6.45, 7) is 3.71. The molecule has 2 unspecified atom stereocenters. The van der Waals surface area contributed by atoms with Crippen LogP contribution in [-0.4, -0.2) is 30.5 Å². The van der Waals surface area contributed by atoms with Crippen molar-refractivity contribution in [3.05, 3.63) is 35.4 Å². The molecule has 1 aromatic rings. The highest BCUT2D eigenvalue weighted by Crippen LogP contribution is 2.22. The fraction of sp³-hybridized carbons (Fsp3) is 0.500. The maximum absolute atomic E-state index is 12.2. The second-order valence-corrected chi connectivity index (χ2v) is 5.90. The van der Waals surface area contributed by atoms with Gasteiger partial charge in [-0.05, 0) is 23.8 Å². The highest BCUT2D eigenvalue weighted by molar-refractivity contribution is 7.99. The van der Waals surface area contributed by atoms with E-state index < -0.39 is 0 Å². The van der Waals surface area contributed by atoms with E-state index in [-0.39, 0.29) is 24.4 Å². The molecule has 1 aliphatic heterocycles. The molecule has 1 amide bonds. The maximum Gasteiger partial charge on any atom is 0.241 e. The normalized spacial score (nSPS) is 18.9. The van der Waals surface area contributed by atoms with Gasteiger partial charge in [-0.25, -0.2) is 0 Å². The number of rotatable bonds is 4. The Morgan fingerprint density at radius 2 is 2.26 bits per heavy atom. The molecule has 2 N–H and O–H groups in total. The van der Waals surface area contributed by atoms with Crippen molar-refractivity contribution in [1.82, 2.24) is 10.6 Å². The average molecular weight is 301 g/mol. The van der Waals surface area contributed by atoms with Crippen LogP contribution in [-0.2, 0) is 11.2 Å². The molecule has 0 saturated carbocycles. The van der Waals surface area contributed by atoms with Gasteiger partial charge in [-0.3, -0.25) is 4.79 Å². The zero-order valence-electron chi connectivity index (χ0n) is 11.3. The van der Waals surface area contributed by atoms with Crippen LogP contribution in [0.1, 0.15) is 24.1 Å². The van der Waals surface area contributed by atoms with Crippen LogP contribution < -0.4 is 10.6 Å². The lowest BCUT2D eigenvalue weighted by Crippen LogP contribution is -2.42. The van der Waals surface area contributed by atoms with E-state index in [0.717, 1.165) is 25.1 Å². The number of hydrogen-bond acceptors (Lipinski definition) is 3. The summed E-state index contributed by atoms with van der Waals surface area (Å²) in [4.78, 5) is 12.2. The largest absolute Gasteiger partial charge is 0.353 e. The van der Waals surface area contributed by atoms with E-state index in [9.17, 15) is 4.79 Å². The molecule has 1 aromatic carbocycles. The first kappa shape index (κ1) is 16.3. The molecule has 2 atom stereocenters. The van der Waals surface area contributed by atoms with Crippen molar-refractivity contribution in [1.29, 1.82) is 0 Å². The molecule has 0 aromatic heterocycles. The number of amides is 1. The lowest BCUT2D eigenvalue weighted by molar-refractivity contribution is -0.123. The molecular weight excluding hydrogens is 280 g/mol. The minimum absolute atomic E-state index is 0. The molecule has 0 aliphatic carbocycles. The van der Waals surface area contributed by atoms with Gasteiger partial charge < -0.3 is 10.6 Å². The van der Waals surface area contributed by atoms with Crippen molar-refractivity contribution < 1.29 is 4.79 Å². The first-order valence-electron chi connectivity index (χ1n) is 6.34. The number of fused-ring (bicyclic) bond motifs is 1. The van der Waals surface area contributed by atoms with Crippen LogP contribution in [0.5, 0.6) is 0 Å². The van der Waals surface area contributed by atoms with Gasteiger partial charge in [0.25, 0.3) is 0 Å². The number of halogens is 1. The molecule has 0 saturated heterocycles. The summed E-state index contributed by atoms with van der Waals surface area (Å²) in [5.41, 5.74) is 2.41. The second kappa shape index (κ2) is 7.78. The van der Waals surface area contributed by atoms with E-state index in [0.29, 0.717) is 5.25 Å². The monoisotopic (exact) mass is 300 g/mol. The van der Waals surface area contributed by atoms with Crippen molar-refractivity contribution in [2.24, 2.45) is 0 Å². The predicted octanol–water partition coefficient (Wildman–Crippen LogP) is 2.16. The van der Waals surface area contributed by atoms with Crippen molar-refractivity contribution in [3.63, 3.8) is 0 Å². The number of benzene rings is 1. The van der Waals surface area contributed by atoms with Crippen LogP contribution in [0.2, 0.25) is 0 Å². The van der Waals surface area contributed by atoms with Crippen LogP contribution in [0.4, 0.5) is 0 Å². The molecule has 1 aliphatic rings. The lowest BCUT2D eigenvalue weighted by atomic mass is 9.94. The summed E-state index contributed by atoms with van der Waals surface area (Å²) >= 11 is 1.76. The Morgan fingerprint density at radius 3 is 3.00 bits per heavy atom. The molecule has 0 spiro atoms. The van der Waals surface area contributed by atoms with Crippen LogP contribution in [0.25, 0.3) is 0 Å². The minimum Gasteiger partial charge on any atom is -0.353 e. The molecule has 19 heavy (non-hydrogen) atoms. The van der Waals surface area contributed by atoms with Crippen molar-refractivity contribution in [2.75, 3.05) is 19.3 Å². The Bertz CT molecular complexity index is 428. The molecule has 0 fully saturated rings. The van der Waals surface area contributed by atoms with Crippen molar-refractivity contribution in [2.45, 2.75) is 24.6 Å². The maximum atomic E-state index is 12.2. The molecule has 0 radical (unpaired) electrons. The van der Waals surface area contributed by atoms with E-state index in [1.54, 1.807) is 11.8 Å². The van der Waals surface area contributed by atoms with Gasteiger partial charge in [-0.1, -0.05) is 31.2 Å². The van der Waals surface area contributed by atoms with E-state index in [4.69, 9.17) is 0 Å². The number of thioether (sulfide) groups is 1.